The summed E-state index contributed by atoms with van der Waals surface area (Å²) in [6.07, 6.45) is 3.48. The predicted molar refractivity (Wildman–Crippen MR) is 84.3 cm³/mol. The fourth-order valence-electron chi connectivity index (χ4n) is 2.10. The normalized spacial score (nSPS) is 10.6. The lowest BCUT2D eigenvalue weighted by Crippen LogP contribution is -2.02. The highest BCUT2D eigenvalue weighted by Crippen LogP contribution is 2.21. The van der Waals surface area contributed by atoms with Crippen molar-refractivity contribution >= 4 is 39.1 Å². The lowest BCUT2D eigenvalue weighted by atomic mass is 9.99. The standard InChI is InChI=1S/C16H10INO/c17-13-5-1-4-12(9-13)16(19)14-6-2-3-11-7-8-18-10-15(11)14/h1-10H. The van der Waals surface area contributed by atoms with Gasteiger partial charge in [0.25, 0.3) is 0 Å². The van der Waals surface area contributed by atoms with E-state index in [1.165, 1.54) is 0 Å². The molecule has 0 radical (unpaired) electrons. The molecule has 2 aromatic carbocycles. The van der Waals surface area contributed by atoms with Crippen LogP contribution >= 0.6 is 22.6 Å². The SMILES string of the molecule is O=C(c1cccc(I)c1)c1cccc2ccncc12. The fraction of sp³-hybridized carbons (Fsp3) is 0. The Balaban J connectivity index is 2.17. The first kappa shape index (κ1) is 12.3. The van der Waals surface area contributed by atoms with Gasteiger partial charge in [0.05, 0.1) is 0 Å². The van der Waals surface area contributed by atoms with Crippen LogP contribution in [0.15, 0.2) is 60.9 Å². The van der Waals surface area contributed by atoms with Gasteiger partial charge in [0.15, 0.2) is 5.78 Å². The van der Waals surface area contributed by atoms with Crippen LogP contribution in [0.4, 0.5) is 0 Å². The molecule has 1 heterocycles. The average molecular weight is 359 g/mol. The zero-order valence-electron chi connectivity index (χ0n) is 10.0. The molecule has 3 aromatic rings. The number of carbonyl (C=O) groups is 1. The number of pyridine rings is 1. The van der Waals surface area contributed by atoms with Crippen molar-refractivity contribution in [3.63, 3.8) is 0 Å². The Kier molecular flexibility index (Phi) is 3.29. The Morgan fingerprint density at radius 2 is 1.89 bits per heavy atom. The van der Waals surface area contributed by atoms with E-state index in [0.29, 0.717) is 11.1 Å². The van der Waals surface area contributed by atoms with E-state index in [1.807, 2.05) is 48.5 Å². The van der Waals surface area contributed by atoms with Crippen molar-refractivity contribution in [3.8, 4) is 0 Å². The monoisotopic (exact) mass is 359 g/mol. The second-order valence-corrected chi connectivity index (χ2v) is 5.49. The van der Waals surface area contributed by atoms with Crippen LogP contribution in [0.1, 0.15) is 15.9 Å². The second kappa shape index (κ2) is 5.09. The van der Waals surface area contributed by atoms with Gasteiger partial charge in [-0.3, -0.25) is 9.78 Å². The Morgan fingerprint density at radius 3 is 2.74 bits per heavy atom. The maximum Gasteiger partial charge on any atom is 0.193 e. The van der Waals surface area contributed by atoms with Crippen LogP contribution in [0.3, 0.4) is 0 Å². The summed E-state index contributed by atoms with van der Waals surface area (Å²) in [6, 6.07) is 15.3. The van der Waals surface area contributed by atoms with Crippen molar-refractivity contribution in [1.82, 2.24) is 4.98 Å². The lowest BCUT2D eigenvalue weighted by Gasteiger charge is -2.05. The minimum atomic E-state index is 0.0390. The molecule has 0 aliphatic rings. The highest BCUT2D eigenvalue weighted by molar-refractivity contribution is 14.1. The third kappa shape index (κ3) is 2.38. The van der Waals surface area contributed by atoms with E-state index in [9.17, 15) is 4.79 Å². The minimum Gasteiger partial charge on any atom is -0.289 e. The number of fused-ring (bicyclic) bond motifs is 1. The van der Waals surface area contributed by atoms with Crippen LogP contribution in [-0.4, -0.2) is 10.8 Å². The fourth-order valence-corrected chi connectivity index (χ4v) is 2.64. The van der Waals surface area contributed by atoms with Gasteiger partial charge in [-0.15, -0.1) is 0 Å². The van der Waals surface area contributed by atoms with Gasteiger partial charge in [-0.2, -0.15) is 0 Å². The third-order valence-corrected chi connectivity index (χ3v) is 3.69. The van der Waals surface area contributed by atoms with Crippen LogP contribution < -0.4 is 0 Å². The van der Waals surface area contributed by atoms with Crippen molar-refractivity contribution in [2.45, 2.75) is 0 Å². The number of aromatic nitrogens is 1. The van der Waals surface area contributed by atoms with Crippen molar-refractivity contribution in [3.05, 3.63) is 75.6 Å². The summed E-state index contributed by atoms with van der Waals surface area (Å²) in [4.78, 5) is 16.7. The third-order valence-electron chi connectivity index (χ3n) is 3.02. The maximum atomic E-state index is 12.6. The van der Waals surface area contributed by atoms with Crippen LogP contribution in [0.5, 0.6) is 0 Å². The molecular formula is C16H10INO. The molecule has 0 atom stereocenters. The van der Waals surface area contributed by atoms with Crippen LogP contribution in [0.25, 0.3) is 10.8 Å². The lowest BCUT2D eigenvalue weighted by molar-refractivity contribution is 0.104. The van der Waals surface area contributed by atoms with E-state index in [4.69, 9.17) is 0 Å². The molecule has 19 heavy (non-hydrogen) atoms. The molecular weight excluding hydrogens is 349 g/mol. The molecule has 92 valence electrons. The van der Waals surface area contributed by atoms with E-state index in [-0.39, 0.29) is 5.78 Å². The topological polar surface area (TPSA) is 30.0 Å². The summed E-state index contributed by atoms with van der Waals surface area (Å²) in [5.74, 6) is 0.0390. The van der Waals surface area contributed by atoms with Gasteiger partial charge >= 0.3 is 0 Å². The summed E-state index contributed by atoms with van der Waals surface area (Å²) in [5.41, 5.74) is 1.41. The van der Waals surface area contributed by atoms with E-state index in [0.717, 1.165) is 14.3 Å². The molecule has 2 nitrogen and oxygen atoms in total. The zero-order valence-corrected chi connectivity index (χ0v) is 12.2. The van der Waals surface area contributed by atoms with Gasteiger partial charge in [-0.05, 0) is 46.2 Å². The maximum absolute atomic E-state index is 12.6. The average Bonchev–Trinajstić information content (AvgIpc) is 2.46. The number of carbonyl (C=O) groups excluding carboxylic acids is 1. The quantitative estimate of drug-likeness (QED) is 0.510. The van der Waals surface area contributed by atoms with Gasteiger partial charge in [0.1, 0.15) is 0 Å². The first-order chi connectivity index (χ1) is 9.25. The zero-order chi connectivity index (χ0) is 13.2. The Bertz CT molecular complexity index is 762. The van der Waals surface area contributed by atoms with Gasteiger partial charge in [-0.25, -0.2) is 0 Å². The molecule has 0 N–H and O–H groups in total. The Morgan fingerprint density at radius 1 is 1.05 bits per heavy atom. The van der Waals surface area contributed by atoms with Crippen LogP contribution in [0.2, 0.25) is 0 Å². The van der Waals surface area contributed by atoms with E-state index >= 15 is 0 Å². The van der Waals surface area contributed by atoms with Crippen molar-refractivity contribution in [2.75, 3.05) is 0 Å². The van der Waals surface area contributed by atoms with E-state index in [1.54, 1.807) is 12.4 Å². The van der Waals surface area contributed by atoms with Gasteiger partial charge in [-0.1, -0.05) is 30.3 Å². The molecule has 1 aromatic heterocycles. The minimum absolute atomic E-state index is 0.0390. The summed E-state index contributed by atoms with van der Waals surface area (Å²) < 4.78 is 1.06. The molecule has 3 heteroatoms. The summed E-state index contributed by atoms with van der Waals surface area (Å²) in [5, 5.41) is 1.93. The summed E-state index contributed by atoms with van der Waals surface area (Å²) in [7, 11) is 0. The van der Waals surface area contributed by atoms with Crippen LogP contribution in [-0.2, 0) is 0 Å². The molecule has 0 saturated carbocycles. The van der Waals surface area contributed by atoms with Gasteiger partial charge in [0, 0.05) is 32.5 Å². The number of hydrogen-bond acceptors (Lipinski definition) is 2. The molecule has 0 unspecified atom stereocenters. The second-order valence-electron chi connectivity index (χ2n) is 4.24. The van der Waals surface area contributed by atoms with Crippen molar-refractivity contribution < 1.29 is 4.79 Å². The van der Waals surface area contributed by atoms with Crippen LogP contribution in [0, 0.1) is 3.57 Å². The highest BCUT2D eigenvalue weighted by Gasteiger charge is 2.12. The molecule has 0 saturated heterocycles. The van der Waals surface area contributed by atoms with E-state index < -0.39 is 0 Å². The van der Waals surface area contributed by atoms with Crippen molar-refractivity contribution in [1.29, 1.82) is 0 Å². The smallest absolute Gasteiger partial charge is 0.193 e. The number of rotatable bonds is 2. The Labute approximate surface area is 124 Å². The molecule has 3 rings (SSSR count). The summed E-state index contributed by atoms with van der Waals surface area (Å²) >= 11 is 2.21. The molecule has 0 fully saturated rings. The largest absolute Gasteiger partial charge is 0.289 e. The number of halogens is 1. The molecule has 0 amide bonds. The molecule has 0 aliphatic heterocycles. The Hall–Kier alpha value is -1.75. The predicted octanol–water partition coefficient (Wildman–Crippen LogP) is 4.07. The summed E-state index contributed by atoms with van der Waals surface area (Å²) in [6.45, 7) is 0. The highest BCUT2D eigenvalue weighted by atomic mass is 127. The molecule has 0 bridgehead atoms. The van der Waals surface area contributed by atoms with E-state index in [2.05, 4.69) is 27.6 Å². The van der Waals surface area contributed by atoms with Gasteiger partial charge < -0.3 is 0 Å². The van der Waals surface area contributed by atoms with Gasteiger partial charge in [0.2, 0.25) is 0 Å². The molecule has 0 spiro atoms. The van der Waals surface area contributed by atoms with Crippen molar-refractivity contribution in [2.24, 2.45) is 0 Å². The first-order valence-corrected chi connectivity index (χ1v) is 6.96. The number of nitrogens with zero attached hydrogens (tertiary/aromatic N) is 1. The molecule has 0 aliphatic carbocycles. The first-order valence-electron chi connectivity index (χ1n) is 5.89. The number of ketones is 1. The number of benzene rings is 2. The number of hydrogen-bond donors (Lipinski definition) is 0.